The summed E-state index contributed by atoms with van der Waals surface area (Å²) in [5.74, 6) is 0.883. The van der Waals surface area contributed by atoms with E-state index in [0.717, 1.165) is 18.7 Å². The molecule has 1 saturated heterocycles. The van der Waals surface area contributed by atoms with Gasteiger partial charge in [0.15, 0.2) is 0 Å². The molecule has 1 heterocycles. The van der Waals surface area contributed by atoms with Gasteiger partial charge in [0.25, 0.3) is 0 Å². The van der Waals surface area contributed by atoms with Gasteiger partial charge in [-0.1, -0.05) is 6.92 Å². The largest absolute Gasteiger partial charge is 0.324 e. The first kappa shape index (κ1) is 13.6. The molecule has 1 aliphatic heterocycles. The normalized spacial score (nSPS) is 20.6. The highest BCUT2D eigenvalue weighted by Crippen LogP contribution is 2.20. The number of alkyl halides is 1. The average Bonchev–Trinajstić information content (AvgIpc) is 2.29. The first-order valence-electron chi connectivity index (χ1n) is 5.43. The monoisotopic (exact) mass is 264 g/mol. The number of nitrogens with one attached hydrogen (secondary N) is 1. The Morgan fingerprint density at radius 1 is 1.56 bits per heavy atom. The van der Waals surface area contributed by atoms with Crippen LogP contribution in [-0.2, 0) is 4.79 Å². The predicted octanol–water partition coefficient (Wildman–Crippen LogP) is 1.68. The minimum absolute atomic E-state index is 0.188. The van der Waals surface area contributed by atoms with Gasteiger partial charge in [0.1, 0.15) is 0 Å². The molecule has 1 unspecified atom stereocenters. The molecular formula is C10H17ClN2O2S. The Morgan fingerprint density at radius 2 is 2.31 bits per heavy atom. The molecule has 6 heteroatoms. The van der Waals surface area contributed by atoms with E-state index in [2.05, 4.69) is 12.2 Å². The summed E-state index contributed by atoms with van der Waals surface area (Å²) in [6.45, 7) is 3.54. The molecule has 3 amide bonds. The van der Waals surface area contributed by atoms with Crippen LogP contribution in [0, 0.1) is 0 Å². The quantitative estimate of drug-likeness (QED) is 0.789. The first-order valence-corrected chi connectivity index (χ1v) is 7.02. The van der Waals surface area contributed by atoms with Crippen LogP contribution < -0.4 is 5.32 Å². The second-order valence-corrected chi connectivity index (χ2v) is 5.43. The van der Waals surface area contributed by atoms with Crippen molar-refractivity contribution in [2.24, 2.45) is 0 Å². The van der Waals surface area contributed by atoms with Crippen LogP contribution in [0.3, 0.4) is 0 Å². The van der Waals surface area contributed by atoms with Crippen molar-refractivity contribution in [1.82, 2.24) is 10.2 Å². The lowest BCUT2D eigenvalue weighted by Gasteiger charge is -2.31. The lowest BCUT2D eigenvalue weighted by Crippen LogP contribution is -2.48. The summed E-state index contributed by atoms with van der Waals surface area (Å²) in [5, 5.41) is 2.84. The second-order valence-electron chi connectivity index (χ2n) is 3.64. The molecule has 0 saturated carbocycles. The van der Waals surface area contributed by atoms with E-state index >= 15 is 0 Å². The van der Waals surface area contributed by atoms with E-state index in [4.69, 9.17) is 11.6 Å². The summed E-state index contributed by atoms with van der Waals surface area (Å²) in [5.41, 5.74) is 0. The number of hydrogen-bond acceptors (Lipinski definition) is 3. The van der Waals surface area contributed by atoms with Gasteiger partial charge in [-0.25, -0.2) is 4.79 Å². The summed E-state index contributed by atoms with van der Waals surface area (Å²) >= 11 is 7.31. The number of amides is 3. The van der Waals surface area contributed by atoms with Crippen LogP contribution in [0.25, 0.3) is 0 Å². The second kappa shape index (κ2) is 7.01. The predicted molar refractivity (Wildman–Crippen MR) is 67.0 cm³/mol. The first-order chi connectivity index (χ1) is 7.67. The molecule has 0 aliphatic carbocycles. The molecule has 16 heavy (non-hydrogen) atoms. The van der Waals surface area contributed by atoms with Crippen molar-refractivity contribution in [3.8, 4) is 0 Å². The van der Waals surface area contributed by atoms with Gasteiger partial charge < -0.3 is 4.90 Å². The zero-order chi connectivity index (χ0) is 12.0. The molecule has 92 valence electrons. The summed E-state index contributed by atoms with van der Waals surface area (Å²) < 4.78 is 0. The molecule has 1 aliphatic rings. The van der Waals surface area contributed by atoms with Gasteiger partial charge in [0.2, 0.25) is 5.91 Å². The Morgan fingerprint density at radius 3 is 2.94 bits per heavy atom. The van der Waals surface area contributed by atoms with E-state index in [1.54, 1.807) is 4.90 Å². The maximum Gasteiger partial charge on any atom is 0.324 e. The molecule has 0 aromatic carbocycles. The van der Waals surface area contributed by atoms with Gasteiger partial charge in [-0.2, -0.15) is 11.8 Å². The number of carbonyl (C=O) groups is 2. The smallest absolute Gasteiger partial charge is 0.323 e. The van der Waals surface area contributed by atoms with E-state index in [-0.39, 0.29) is 24.2 Å². The van der Waals surface area contributed by atoms with Crippen LogP contribution in [0.15, 0.2) is 0 Å². The minimum atomic E-state index is -0.300. The number of nitrogens with zero attached hydrogens (tertiary/aromatic N) is 1. The van der Waals surface area contributed by atoms with Gasteiger partial charge in [-0.05, 0) is 6.42 Å². The highest BCUT2D eigenvalue weighted by atomic mass is 35.5. The van der Waals surface area contributed by atoms with Crippen LogP contribution in [0.1, 0.15) is 19.8 Å². The summed E-state index contributed by atoms with van der Waals surface area (Å²) in [4.78, 5) is 24.6. The van der Waals surface area contributed by atoms with E-state index in [9.17, 15) is 9.59 Å². The molecule has 1 rings (SSSR count). The van der Waals surface area contributed by atoms with Gasteiger partial charge in [-0.15, -0.1) is 11.6 Å². The lowest BCUT2D eigenvalue weighted by molar-refractivity contribution is -0.119. The molecule has 1 N–H and O–H groups in total. The zero-order valence-electron chi connectivity index (χ0n) is 9.37. The van der Waals surface area contributed by atoms with E-state index in [1.165, 1.54) is 0 Å². The summed E-state index contributed by atoms with van der Waals surface area (Å²) in [6, 6.07) is -0.283. The fourth-order valence-electron chi connectivity index (χ4n) is 1.50. The van der Waals surface area contributed by atoms with E-state index in [0.29, 0.717) is 11.8 Å². The molecule has 1 atom stereocenters. The van der Waals surface area contributed by atoms with Gasteiger partial charge in [0, 0.05) is 36.4 Å². The fourth-order valence-corrected chi connectivity index (χ4v) is 2.85. The Hall–Kier alpha value is -0.420. The highest BCUT2D eigenvalue weighted by Gasteiger charge is 2.23. The fraction of sp³-hybridized carbons (Fsp3) is 0.800. The van der Waals surface area contributed by atoms with E-state index in [1.807, 2.05) is 11.8 Å². The van der Waals surface area contributed by atoms with Crippen LogP contribution in [-0.4, -0.2) is 46.8 Å². The number of hydrogen-bond donors (Lipinski definition) is 1. The van der Waals surface area contributed by atoms with Crippen molar-refractivity contribution in [3.63, 3.8) is 0 Å². The van der Waals surface area contributed by atoms with E-state index < -0.39 is 0 Å². The highest BCUT2D eigenvalue weighted by molar-refractivity contribution is 8.00. The number of carbonyl (C=O) groups excluding carboxylic acids is 2. The molecule has 0 spiro atoms. The molecule has 0 bridgehead atoms. The number of urea groups is 1. The van der Waals surface area contributed by atoms with Crippen LogP contribution in [0.5, 0.6) is 0 Å². The Bertz CT molecular complexity index is 263. The minimum Gasteiger partial charge on any atom is -0.323 e. The molecule has 0 aromatic rings. The van der Waals surface area contributed by atoms with Crippen molar-refractivity contribution < 1.29 is 9.59 Å². The number of halogens is 1. The van der Waals surface area contributed by atoms with Crippen LogP contribution >= 0.6 is 23.4 Å². The van der Waals surface area contributed by atoms with Gasteiger partial charge in [-0.3, -0.25) is 10.1 Å². The third-order valence-corrected chi connectivity index (χ3v) is 4.01. The number of rotatable bonds is 3. The zero-order valence-corrected chi connectivity index (χ0v) is 10.9. The Kier molecular flexibility index (Phi) is 5.98. The van der Waals surface area contributed by atoms with Crippen molar-refractivity contribution >= 4 is 35.3 Å². The maximum atomic E-state index is 11.7. The maximum absolute atomic E-state index is 11.7. The van der Waals surface area contributed by atoms with Crippen LogP contribution in [0.4, 0.5) is 4.79 Å². The van der Waals surface area contributed by atoms with Gasteiger partial charge in [0.05, 0.1) is 0 Å². The average molecular weight is 265 g/mol. The molecule has 4 nitrogen and oxygen atoms in total. The standard InChI is InChI=1S/C10H17ClN2O2S/c1-2-8-7-13(5-6-16-8)10(15)12-9(14)3-4-11/h8H,2-7H2,1H3,(H,12,14,15). The number of imide groups is 1. The van der Waals surface area contributed by atoms with Crippen molar-refractivity contribution in [1.29, 1.82) is 0 Å². The van der Waals surface area contributed by atoms with Crippen molar-refractivity contribution in [2.45, 2.75) is 25.0 Å². The molecule has 0 aromatic heterocycles. The lowest BCUT2D eigenvalue weighted by atomic mass is 10.3. The SMILES string of the molecule is CCC1CN(C(=O)NC(=O)CCCl)CCS1. The summed E-state index contributed by atoms with van der Waals surface area (Å²) in [7, 11) is 0. The molecule has 0 radical (unpaired) electrons. The Balaban J connectivity index is 2.38. The van der Waals surface area contributed by atoms with Crippen molar-refractivity contribution in [3.05, 3.63) is 0 Å². The molecular weight excluding hydrogens is 248 g/mol. The molecule has 1 fully saturated rings. The topological polar surface area (TPSA) is 49.4 Å². The Labute approximate surface area is 105 Å². The number of thioether (sulfide) groups is 1. The third-order valence-electron chi connectivity index (χ3n) is 2.45. The van der Waals surface area contributed by atoms with Crippen LogP contribution in [0.2, 0.25) is 0 Å². The van der Waals surface area contributed by atoms with Crippen molar-refractivity contribution in [2.75, 3.05) is 24.7 Å². The third kappa shape index (κ3) is 4.22. The summed E-state index contributed by atoms with van der Waals surface area (Å²) in [6.07, 6.45) is 1.23. The van der Waals surface area contributed by atoms with Gasteiger partial charge >= 0.3 is 6.03 Å².